The van der Waals surface area contributed by atoms with E-state index in [0.717, 1.165) is 80.3 Å². The van der Waals surface area contributed by atoms with Crippen LogP contribution in [-0.2, 0) is 12.8 Å². The van der Waals surface area contributed by atoms with Crippen LogP contribution >= 0.6 is 68.0 Å². The van der Waals surface area contributed by atoms with E-state index in [4.69, 9.17) is 9.97 Å². The molecule has 314 valence electrons. The molecule has 1 aromatic carbocycles. The first-order chi connectivity index (χ1) is 29.3. The van der Waals surface area contributed by atoms with E-state index in [-0.39, 0.29) is 17.6 Å². The van der Waals surface area contributed by atoms with Crippen LogP contribution in [0.4, 0.5) is 8.78 Å². The largest absolute Gasteiger partial charge is 0.234 e. The molecule has 2 nitrogen and oxygen atoms in total. The van der Waals surface area contributed by atoms with Crippen molar-refractivity contribution in [3.63, 3.8) is 0 Å². The summed E-state index contributed by atoms with van der Waals surface area (Å²) in [6, 6.07) is 12.1. The first kappa shape index (κ1) is 44.8. The predicted octanol–water partition coefficient (Wildman–Crippen LogP) is 18.0. The van der Waals surface area contributed by atoms with Crippen LogP contribution in [0.5, 0.6) is 0 Å². The van der Waals surface area contributed by atoms with Gasteiger partial charge in [0.05, 0.1) is 30.2 Å². The minimum Gasteiger partial charge on any atom is -0.234 e. The number of hydrogen-bond acceptors (Lipinski definition) is 8. The number of unbranched alkanes of at least 4 members (excludes halogenated alkanes) is 10. The fraction of sp³-hybridized carbons (Fsp3) is 0.440. The lowest BCUT2D eigenvalue weighted by Gasteiger charge is -2.09. The first-order valence-electron chi connectivity index (χ1n) is 21.7. The second-order valence-electron chi connectivity index (χ2n) is 15.9. The number of aromatic nitrogens is 2. The van der Waals surface area contributed by atoms with Crippen LogP contribution in [0.15, 0.2) is 47.2 Å². The van der Waals surface area contributed by atoms with Gasteiger partial charge in [-0.05, 0) is 80.3 Å². The molecule has 0 N–H and O–H groups in total. The number of rotatable bonds is 22. The van der Waals surface area contributed by atoms with E-state index in [1.807, 2.05) is 18.3 Å². The Morgan fingerprint density at radius 3 is 1.58 bits per heavy atom. The molecule has 0 bridgehead atoms. The Bertz CT molecular complexity index is 2500. The Morgan fingerprint density at radius 2 is 1.08 bits per heavy atom. The maximum Gasteiger partial charge on any atom is 0.134 e. The predicted molar refractivity (Wildman–Crippen MR) is 263 cm³/mol. The normalized spacial score (nSPS) is 12.5. The van der Waals surface area contributed by atoms with E-state index in [1.165, 1.54) is 116 Å². The van der Waals surface area contributed by atoms with Crippen molar-refractivity contribution in [3.8, 4) is 64.3 Å². The van der Waals surface area contributed by atoms with E-state index in [9.17, 15) is 8.78 Å². The Morgan fingerprint density at radius 1 is 0.583 bits per heavy atom. The Balaban J connectivity index is 1.22. The second kappa shape index (κ2) is 22.2. The van der Waals surface area contributed by atoms with Gasteiger partial charge in [-0.25, -0.2) is 18.7 Å². The summed E-state index contributed by atoms with van der Waals surface area (Å²) in [5.41, 5.74) is 3.47. The number of thiazole rings is 2. The van der Waals surface area contributed by atoms with E-state index in [0.29, 0.717) is 5.92 Å². The average molecular weight is 913 g/mol. The molecule has 0 saturated carbocycles. The zero-order valence-corrected chi connectivity index (χ0v) is 40.1. The number of thiophene rings is 4. The monoisotopic (exact) mass is 912 g/mol. The van der Waals surface area contributed by atoms with Crippen molar-refractivity contribution in [2.24, 2.45) is 11.8 Å². The minimum atomic E-state index is -0.259. The van der Waals surface area contributed by atoms with E-state index < -0.39 is 0 Å². The molecule has 0 aliphatic carbocycles. The van der Waals surface area contributed by atoms with Gasteiger partial charge < -0.3 is 0 Å². The standard InChI is InChI=1S/C50H54F2N2S6/c1-5-8-11-13-15-18-20-33(4)27-37-23-25-39(57-37)49-53-45-43(41-29-35(51)31-55-41)48-46(44(47(45)59-49)42-30-36(52)32-56-42)54-50(60-48)40-26-24-38(58-40)28-34(21-17-10-7-3)22-19-16-14-12-9-6-2/h23-26,29-34H,5-6,8-9,11-16,18-20,22,27-28H2,1-4H3. The number of fused-ring (bicyclic) bond motifs is 2. The minimum absolute atomic E-state index is 0.250. The number of hydrogen-bond donors (Lipinski definition) is 0. The van der Waals surface area contributed by atoms with E-state index >= 15 is 0 Å². The molecule has 0 aliphatic rings. The van der Waals surface area contributed by atoms with Crippen molar-refractivity contribution in [3.05, 3.63) is 68.5 Å². The summed E-state index contributed by atoms with van der Waals surface area (Å²) in [7, 11) is 0. The lowest BCUT2D eigenvalue weighted by molar-refractivity contribution is 0.483. The van der Waals surface area contributed by atoms with Gasteiger partial charge in [0.1, 0.15) is 21.6 Å². The molecule has 0 spiro atoms. The van der Waals surface area contributed by atoms with Crippen molar-refractivity contribution >= 4 is 88.5 Å². The van der Waals surface area contributed by atoms with Gasteiger partial charge in [0.15, 0.2) is 0 Å². The number of nitrogens with zero attached hydrogens (tertiary/aromatic N) is 2. The van der Waals surface area contributed by atoms with Gasteiger partial charge in [-0.3, -0.25) is 0 Å². The molecule has 60 heavy (non-hydrogen) atoms. The van der Waals surface area contributed by atoms with Crippen LogP contribution < -0.4 is 0 Å². The Kier molecular flexibility index (Phi) is 16.6. The molecular weight excluding hydrogens is 859 g/mol. The fourth-order valence-corrected chi connectivity index (χ4v) is 14.2. The molecular formula is C50H54F2N2S6. The SMILES string of the molecule is CC#CC#CC(CCCCCCCC)Cc1ccc(-c2nc3c(-c4cc(F)cs4)c4sc(-c5ccc(CC(C)CCCCCCCC)s5)nc4c(-c4cc(F)cs4)c3s2)s1. The third-order valence-electron chi connectivity index (χ3n) is 11.0. The summed E-state index contributed by atoms with van der Waals surface area (Å²) in [4.78, 5) is 17.3. The lowest BCUT2D eigenvalue weighted by Crippen LogP contribution is -2.01. The fourth-order valence-electron chi connectivity index (χ4n) is 7.85. The van der Waals surface area contributed by atoms with Crippen LogP contribution in [0, 0.1) is 47.2 Å². The Hall–Kier alpha value is -3.22. The highest BCUT2D eigenvalue weighted by Crippen LogP contribution is 2.52. The maximum atomic E-state index is 14.8. The topological polar surface area (TPSA) is 25.8 Å². The molecule has 2 atom stereocenters. The Labute approximate surface area is 379 Å². The van der Waals surface area contributed by atoms with Gasteiger partial charge in [0.25, 0.3) is 0 Å². The first-order valence-corrected chi connectivity index (χ1v) is 26.7. The van der Waals surface area contributed by atoms with Crippen LogP contribution in [0.25, 0.3) is 61.1 Å². The van der Waals surface area contributed by atoms with Gasteiger partial charge in [0.2, 0.25) is 0 Å². The highest BCUT2D eigenvalue weighted by Gasteiger charge is 2.27. The third-order valence-corrected chi connectivity index (χ3v) is 17.5. The number of benzene rings is 1. The van der Waals surface area contributed by atoms with Crippen LogP contribution in [0.3, 0.4) is 0 Å². The molecule has 2 unspecified atom stereocenters. The van der Waals surface area contributed by atoms with Crippen molar-refractivity contribution in [2.75, 3.05) is 0 Å². The van der Waals surface area contributed by atoms with Crippen molar-refractivity contribution in [2.45, 2.75) is 130 Å². The highest BCUT2D eigenvalue weighted by molar-refractivity contribution is 7.28. The molecule has 0 aliphatic heterocycles. The van der Waals surface area contributed by atoms with Gasteiger partial charge >= 0.3 is 0 Å². The molecule has 0 radical (unpaired) electrons. The van der Waals surface area contributed by atoms with Crippen LogP contribution in [0.1, 0.15) is 127 Å². The summed E-state index contributed by atoms with van der Waals surface area (Å²) >= 11 is 9.65. The molecule has 10 heteroatoms. The van der Waals surface area contributed by atoms with Crippen LogP contribution in [-0.4, -0.2) is 9.97 Å². The van der Waals surface area contributed by atoms with E-state index in [2.05, 4.69) is 68.7 Å². The van der Waals surface area contributed by atoms with Crippen molar-refractivity contribution < 1.29 is 8.78 Å². The van der Waals surface area contributed by atoms with Gasteiger partial charge in [-0.2, -0.15) is 0 Å². The zero-order chi connectivity index (χ0) is 41.8. The van der Waals surface area contributed by atoms with Crippen molar-refractivity contribution in [1.82, 2.24) is 9.97 Å². The quantitative estimate of drug-likeness (QED) is 0.0500. The van der Waals surface area contributed by atoms with E-state index in [1.54, 1.807) is 56.9 Å². The number of halogens is 2. The molecule has 0 fully saturated rings. The summed E-state index contributed by atoms with van der Waals surface area (Å²) in [5.74, 6) is 12.8. The summed E-state index contributed by atoms with van der Waals surface area (Å²) < 4.78 is 31.6. The molecule has 7 aromatic rings. The second-order valence-corrected chi connectivity index (χ2v) is 22.1. The van der Waals surface area contributed by atoms with Gasteiger partial charge in [-0.1, -0.05) is 116 Å². The average Bonchev–Trinajstić information content (AvgIpc) is 4.10. The molecule has 6 heterocycles. The smallest absolute Gasteiger partial charge is 0.134 e. The third kappa shape index (κ3) is 11.4. The van der Waals surface area contributed by atoms with Gasteiger partial charge in [-0.15, -0.1) is 68.0 Å². The summed E-state index contributed by atoms with van der Waals surface area (Å²) in [5, 5.41) is 4.96. The molecule has 6 aromatic heterocycles. The zero-order valence-electron chi connectivity index (χ0n) is 35.2. The summed E-state index contributed by atoms with van der Waals surface area (Å²) in [6.07, 6.45) is 19.8. The highest BCUT2D eigenvalue weighted by atomic mass is 32.1. The molecule has 7 rings (SSSR count). The van der Waals surface area contributed by atoms with Crippen molar-refractivity contribution in [1.29, 1.82) is 0 Å². The van der Waals surface area contributed by atoms with Crippen LogP contribution in [0.2, 0.25) is 0 Å². The summed E-state index contributed by atoms with van der Waals surface area (Å²) in [6.45, 7) is 8.73. The maximum absolute atomic E-state index is 14.8. The molecule has 0 saturated heterocycles. The van der Waals surface area contributed by atoms with Gasteiger partial charge in [0, 0.05) is 47.3 Å². The molecule has 0 amide bonds. The lowest BCUT2D eigenvalue weighted by atomic mass is 9.97.